The maximum Gasteiger partial charge on any atom is 0.238 e. The summed E-state index contributed by atoms with van der Waals surface area (Å²) in [6.45, 7) is 7.70. The van der Waals surface area contributed by atoms with Gasteiger partial charge < -0.3 is 15.2 Å². The Morgan fingerprint density at radius 1 is 1.15 bits per heavy atom. The van der Waals surface area contributed by atoms with E-state index in [1.54, 1.807) is 12.7 Å². The molecule has 27 heavy (non-hydrogen) atoms. The molecule has 0 spiro atoms. The summed E-state index contributed by atoms with van der Waals surface area (Å²) < 4.78 is 0. The van der Waals surface area contributed by atoms with Gasteiger partial charge in [-0.25, -0.2) is 15.0 Å². The molecule has 1 amide bonds. The first-order valence-electron chi connectivity index (χ1n) is 9.09. The van der Waals surface area contributed by atoms with Gasteiger partial charge >= 0.3 is 0 Å². The molecule has 0 unspecified atom stereocenters. The lowest BCUT2D eigenvalue weighted by Crippen LogP contribution is -2.49. The minimum absolute atomic E-state index is 0.0233. The molecule has 1 aromatic carbocycles. The summed E-state index contributed by atoms with van der Waals surface area (Å²) in [6.07, 6.45) is 3.18. The molecule has 3 aromatic rings. The third kappa shape index (κ3) is 3.61. The lowest BCUT2D eigenvalue weighted by Gasteiger charge is -2.35. The van der Waals surface area contributed by atoms with Crippen LogP contribution in [0.5, 0.6) is 0 Å². The zero-order chi connectivity index (χ0) is 18.8. The number of aryl methyl sites for hydroxylation is 1. The summed E-state index contributed by atoms with van der Waals surface area (Å²) in [5.74, 6) is 0.895. The molecule has 2 aromatic heterocycles. The number of anilines is 2. The van der Waals surface area contributed by atoms with Crippen LogP contribution in [0.4, 0.5) is 11.5 Å². The number of hydrogen-bond acceptors (Lipinski definition) is 6. The Morgan fingerprint density at radius 3 is 2.78 bits per heavy atom. The molecule has 4 rings (SSSR count). The van der Waals surface area contributed by atoms with Gasteiger partial charge in [0.1, 0.15) is 11.8 Å². The number of piperazine rings is 1. The number of nitrogens with zero attached hydrogens (tertiary/aromatic N) is 5. The van der Waals surface area contributed by atoms with Crippen molar-refractivity contribution in [2.45, 2.75) is 13.8 Å². The van der Waals surface area contributed by atoms with E-state index < -0.39 is 0 Å². The fourth-order valence-corrected chi connectivity index (χ4v) is 3.39. The monoisotopic (exact) mass is 365 g/mol. The Balaban J connectivity index is 1.35. The first-order chi connectivity index (χ1) is 13.1. The zero-order valence-corrected chi connectivity index (χ0v) is 15.6. The van der Waals surface area contributed by atoms with E-state index in [0.29, 0.717) is 12.2 Å². The lowest BCUT2D eigenvalue weighted by molar-refractivity contribution is -0.117. The van der Waals surface area contributed by atoms with Crippen molar-refractivity contribution in [3.8, 4) is 0 Å². The number of amides is 1. The molecular formula is C19H23N7O. The van der Waals surface area contributed by atoms with Crippen LogP contribution in [-0.4, -0.2) is 63.5 Å². The summed E-state index contributed by atoms with van der Waals surface area (Å²) in [7, 11) is 0. The predicted octanol–water partition coefficient (Wildman–Crippen LogP) is 1.73. The maximum atomic E-state index is 12.4. The molecule has 0 saturated carbocycles. The van der Waals surface area contributed by atoms with E-state index in [2.05, 4.69) is 35.1 Å². The number of carbonyl (C=O) groups is 1. The number of hydrogen-bond donors (Lipinski definition) is 2. The normalized spacial score (nSPS) is 15.3. The molecule has 1 saturated heterocycles. The van der Waals surface area contributed by atoms with E-state index in [-0.39, 0.29) is 5.91 Å². The zero-order valence-electron chi connectivity index (χ0n) is 15.6. The number of imidazole rings is 1. The van der Waals surface area contributed by atoms with E-state index >= 15 is 0 Å². The van der Waals surface area contributed by atoms with E-state index in [0.717, 1.165) is 48.8 Å². The molecule has 2 N–H and O–H groups in total. The summed E-state index contributed by atoms with van der Waals surface area (Å²) in [4.78, 5) is 32.7. The van der Waals surface area contributed by atoms with Crippen LogP contribution < -0.4 is 10.2 Å². The Labute approximate surface area is 157 Å². The van der Waals surface area contributed by atoms with Gasteiger partial charge in [0.25, 0.3) is 0 Å². The second kappa shape index (κ2) is 7.32. The van der Waals surface area contributed by atoms with Crippen LogP contribution in [0.3, 0.4) is 0 Å². The number of H-pyrrole nitrogens is 1. The molecule has 0 bridgehead atoms. The molecule has 0 atom stereocenters. The molecule has 140 valence electrons. The second-order valence-electron chi connectivity index (χ2n) is 6.86. The number of aromatic nitrogens is 4. The van der Waals surface area contributed by atoms with Gasteiger partial charge in [-0.3, -0.25) is 9.69 Å². The maximum absolute atomic E-state index is 12.4. The number of aromatic amines is 1. The fourth-order valence-electron chi connectivity index (χ4n) is 3.39. The topological polar surface area (TPSA) is 90.0 Å². The molecule has 0 radical (unpaired) electrons. The van der Waals surface area contributed by atoms with E-state index in [1.807, 2.05) is 32.0 Å². The fraction of sp³-hybridized carbons (Fsp3) is 0.368. The van der Waals surface area contributed by atoms with Crippen molar-refractivity contribution in [3.05, 3.63) is 42.0 Å². The molecule has 1 fully saturated rings. The highest BCUT2D eigenvalue weighted by Crippen LogP contribution is 2.21. The average molecular weight is 365 g/mol. The molecule has 8 heteroatoms. The van der Waals surface area contributed by atoms with Crippen LogP contribution in [0, 0.1) is 13.8 Å². The van der Waals surface area contributed by atoms with Gasteiger partial charge in [0.2, 0.25) is 5.91 Å². The van der Waals surface area contributed by atoms with Gasteiger partial charge in [0.05, 0.1) is 12.9 Å². The number of fused-ring (bicyclic) bond motifs is 1. The standard InChI is InChI=1S/C19H23N7O/c1-13-4-3-5-15(14(13)2)24-16(27)10-25-6-8-26(9-7-25)19-17-18(21-11-20-17)22-12-23-19/h3-5,11-12H,6-10H2,1-2H3,(H,24,27)(H,20,21,22,23). The highest BCUT2D eigenvalue weighted by Gasteiger charge is 2.22. The van der Waals surface area contributed by atoms with Crippen LogP contribution in [0.1, 0.15) is 11.1 Å². The van der Waals surface area contributed by atoms with Crippen LogP contribution >= 0.6 is 0 Å². The van der Waals surface area contributed by atoms with Crippen LogP contribution in [0.2, 0.25) is 0 Å². The van der Waals surface area contributed by atoms with Crippen LogP contribution in [-0.2, 0) is 4.79 Å². The van der Waals surface area contributed by atoms with Crippen LogP contribution in [0.25, 0.3) is 11.2 Å². The molecule has 1 aliphatic heterocycles. The van der Waals surface area contributed by atoms with Gasteiger partial charge in [0, 0.05) is 31.9 Å². The van der Waals surface area contributed by atoms with Gasteiger partial charge in [0.15, 0.2) is 11.5 Å². The second-order valence-corrected chi connectivity index (χ2v) is 6.86. The molecule has 0 aliphatic carbocycles. The van der Waals surface area contributed by atoms with Crippen molar-refractivity contribution in [3.63, 3.8) is 0 Å². The van der Waals surface area contributed by atoms with Crippen molar-refractivity contribution in [2.75, 3.05) is 42.9 Å². The Morgan fingerprint density at radius 2 is 1.96 bits per heavy atom. The van der Waals surface area contributed by atoms with E-state index in [1.165, 1.54) is 5.56 Å². The molecule has 1 aliphatic rings. The summed E-state index contributed by atoms with van der Waals surface area (Å²) in [6, 6.07) is 5.96. The van der Waals surface area contributed by atoms with E-state index in [9.17, 15) is 4.79 Å². The van der Waals surface area contributed by atoms with Gasteiger partial charge in [-0.05, 0) is 31.0 Å². The van der Waals surface area contributed by atoms with Gasteiger partial charge in [-0.15, -0.1) is 0 Å². The Bertz CT molecular complexity index is 960. The average Bonchev–Trinajstić information content (AvgIpc) is 3.15. The molecular weight excluding hydrogens is 342 g/mol. The Hall–Kier alpha value is -3.00. The van der Waals surface area contributed by atoms with Crippen molar-refractivity contribution in [1.82, 2.24) is 24.8 Å². The number of benzene rings is 1. The molecule has 3 heterocycles. The Kier molecular flexibility index (Phi) is 4.72. The van der Waals surface area contributed by atoms with Gasteiger partial charge in [-0.1, -0.05) is 12.1 Å². The van der Waals surface area contributed by atoms with Crippen LogP contribution in [0.15, 0.2) is 30.9 Å². The SMILES string of the molecule is Cc1cccc(NC(=O)CN2CCN(c3ncnc4nc[nH]c34)CC2)c1C. The largest absolute Gasteiger partial charge is 0.352 e. The lowest BCUT2D eigenvalue weighted by atomic mass is 10.1. The summed E-state index contributed by atoms with van der Waals surface area (Å²) >= 11 is 0. The van der Waals surface area contributed by atoms with Crippen molar-refractivity contribution in [2.24, 2.45) is 0 Å². The minimum Gasteiger partial charge on any atom is -0.352 e. The highest BCUT2D eigenvalue weighted by atomic mass is 16.2. The molecule has 8 nitrogen and oxygen atoms in total. The predicted molar refractivity (Wildman–Crippen MR) is 105 cm³/mol. The third-order valence-corrected chi connectivity index (χ3v) is 5.12. The number of nitrogens with one attached hydrogen (secondary N) is 2. The van der Waals surface area contributed by atoms with Crippen molar-refractivity contribution in [1.29, 1.82) is 0 Å². The first kappa shape index (κ1) is 17.4. The van der Waals surface area contributed by atoms with E-state index in [4.69, 9.17) is 0 Å². The summed E-state index contributed by atoms with van der Waals surface area (Å²) in [5.41, 5.74) is 4.72. The minimum atomic E-state index is 0.0233. The van der Waals surface area contributed by atoms with Crippen molar-refractivity contribution >= 4 is 28.6 Å². The van der Waals surface area contributed by atoms with Gasteiger partial charge in [-0.2, -0.15) is 0 Å². The van der Waals surface area contributed by atoms with Crippen molar-refractivity contribution < 1.29 is 4.79 Å². The number of rotatable bonds is 4. The smallest absolute Gasteiger partial charge is 0.238 e. The quantitative estimate of drug-likeness (QED) is 0.732. The third-order valence-electron chi connectivity index (χ3n) is 5.12. The highest BCUT2D eigenvalue weighted by molar-refractivity contribution is 5.93. The number of carbonyl (C=O) groups excluding carboxylic acids is 1. The summed E-state index contributed by atoms with van der Waals surface area (Å²) in [5, 5.41) is 3.03. The first-order valence-corrected chi connectivity index (χ1v) is 9.09.